The van der Waals surface area contributed by atoms with Crippen molar-refractivity contribution in [1.29, 1.82) is 0 Å². The molecule has 0 rings (SSSR count). The van der Waals surface area contributed by atoms with Gasteiger partial charge in [0.05, 0.1) is 0 Å². The summed E-state index contributed by atoms with van der Waals surface area (Å²) in [4.78, 5) is 13.8. The van der Waals surface area contributed by atoms with Gasteiger partial charge in [-0.05, 0) is 0 Å². The first kappa shape index (κ1) is 5.03. The smallest absolute Gasteiger partial charge is 0.209 e. The minimum atomic E-state index is 1.79. The van der Waals surface area contributed by atoms with E-state index in [1.54, 1.807) is 4.97 Å². The van der Waals surface area contributed by atoms with Gasteiger partial charge in [-0.3, -0.25) is 0 Å². The molecule has 6 nitrogen and oxygen atoms in total. The maximum absolute atomic E-state index is 8.83. The van der Waals surface area contributed by atoms with Crippen molar-refractivity contribution in [2.45, 2.75) is 0 Å². The highest BCUT2D eigenvalue weighted by Gasteiger charge is 1.79. The third-order valence-electron chi connectivity index (χ3n) is 0.100. The zero-order chi connectivity index (χ0) is 4.83. The van der Waals surface area contributed by atoms with Crippen molar-refractivity contribution in [1.82, 2.24) is 4.97 Å². The summed E-state index contributed by atoms with van der Waals surface area (Å²) < 4.78 is 0. The molecule has 0 radical (unpaired) electrons. The van der Waals surface area contributed by atoms with Gasteiger partial charge in [0.1, 0.15) is 0 Å². The van der Waals surface area contributed by atoms with Crippen LogP contribution in [0.4, 0.5) is 0 Å². The average molecular weight is 93.0 g/mol. The number of nitroso groups, excluding NO2 is 1. The lowest BCUT2D eigenvalue weighted by molar-refractivity contribution is -0.496. The van der Waals surface area contributed by atoms with E-state index in [2.05, 4.69) is 15.3 Å². The highest BCUT2D eigenvalue weighted by molar-refractivity contribution is 3.81. The molecule has 0 fully saturated rings. The van der Waals surface area contributed by atoms with Crippen LogP contribution < -0.4 is 4.97 Å². The summed E-state index contributed by atoms with van der Waals surface area (Å²) in [5.41, 5.74) is 0. The van der Waals surface area contributed by atoms with E-state index in [1.165, 1.54) is 0 Å². The van der Waals surface area contributed by atoms with Crippen molar-refractivity contribution in [3.8, 4) is 0 Å². The van der Waals surface area contributed by atoms with Crippen molar-refractivity contribution in [2.24, 2.45) is 5.28 Å². The van der Waals surface area contributed by atoms with E-state index in [4.69, 9.17) is 10.2 Å². The van der Waals surface area contributed by atoms with Gasteiger partial charge in [-0.1, -0.05) is 0 Å². The molecular formula is HN2O4+. The molecule has 6 heavy (non-hydrogen) atoms. The fourth-order valence-corrected chi connectivity index (χ4v) is 0.0285. The van der Waals surface area contributed by atoms with E-state index in [9.17, 15) is 0 Å². The summed E-state index contributed by atoms with van der Waals surface area (Å²) in [5, 5.41) is 12.2. The largest absolute Gasteiger partial charge is 0.436 e. The van der Waals surface area contributed by atoms with Gasteiger partial charge in [0.2, 0.25) is 0 Å². The molecule has 0 unspecified atom stereocenters. The van der Waals surface area contributed by atoms with Gasteiger partial charge in [0.15, 0.2) is 4.91 Å². The van der Waals surface area contributed by atoms with E-state index in [-0.39, 0.29) is 0 Å². The van der Waals surface area contributed by atoms with Crippen molar-refractivity contribution >= 4 is 0 Å². The number of rotatable bonds is 2. The molecule has 0 aromatic rings. The lowest BCUT2D eigenvalue weighted by Crippen LogP contribution is -1.76. The fourth-order valence-electron chi connectivity index (χ4n) is 0.0285. The highest BCUT2D eigenvalue weighted by Crippen LogP contribution is 1.63. The molecular weight excluding hydrogens is 92.0 g/mol. The summed E-state index contributed by atoms with van der Waals surface area (Å²) >= 11 is 0. The Bertz CT molecular complexity index is 61.9. The Balaban J connectivity index is 2.86. The number of hydrogen-bond donors (Lipinski definition) is 1. The topological polar surface area (TPSA) is 82.2 Å². The quantitative estimate of drug-likeness (QED) is 0.218. The first-order valence-corrected chi connectivity index (χ1v) is 0.914. The van der Waals surface area contributed by atoms with Crippen LogP contribution in [-0.2, 0) is 10.0 Å². The second-order valence-corrected chi connectivity index (χ2v) is 0.312. The Kier molecular flexibility index (Phi) is 3.38. The van der Waals surface area contributed by atoms with E-state index < -0.39 is 0 Å². The van der Waals surface area contributed by atoms with Gasteiger partial charge in [-0.25, -0.2) is 5.26 Å². The minimum absolute atomic E-state index is 1.79. The molecule has 0 amide bonds. The van der Waals surface area contributed by atoms with E-state index in [1.807, 2.05) is 0 Å². The van der Waals surface area contributed by atoms with Gasteiger partial charge in [0, 0.05) is 5.04 Å². The fraction of sp³-hybridized carbons (Fsp3) is 0. The molecule has 0 aromatic carbocycles. The summed E-state index contributed by atoms with van der Waals surface area (Å²) in [6, 6.07) is 0. The van der Waals surface area contributed by atoms with Crippen LogP contribution in [0.5, 0.6) is 0 Å². The van der Waals surface area contributed by atoms with Gasteiger partial charge >= 0.3 is 10.3 Å². The van der Waals surface area contributed by atoms with E-state index in [0.717, 1.165) is 0 Å². The summed E-state index contributed by atoms with van der Waals surface area (Å²) in [7, 11) is 0. The average Bonchev–Trinajstić information content (AvgIpc) is 1.61. The van der Waals surface area contributed by atoms with Crippen LogP contribution in [0.25, 0.3) is 0 Å². The van der Waals surface area contributed by atoms with Crippen LogP contribution >= 0.6 is 0 Å². The third-order valence-corrected chi connectivity index (χ3v) is 0.100. The van der Waals surface area contributed by atoms with Gasteiger partial charge in [-0.2, -0.15) is 0 Å². The third kappa shape index (κ3) is 3.03. The van der Waals surface area contributed by atoms with Crippen LogP contribution in [0, 0.1) is 4.91 Å². The van der Waals surface area contributed by atoms with Crippen LogP contribution in [0.15, 0.2) is 5.28 Å². The SMILES string of the molecule is O=[N+]=NOOO. The molecule has 1 N–H and O–H groups in total. The van der Waals surface area contributed by atoms with Crippen molar-refractivity contribution in [2.75, 3.05) is 0 Å². The second kappa shape index (κ2) is 4.03. The highest BCUT2D eigenvalue weighted by atomic mass is 17.5. The van der Waals surface area contributed by atoms with Gasteiger partial charge in [0.25, 0.3) is 0 Å². The molecule has 0 spiro atoms. The van der Waals surface area contributed by atoms with Crippen molar-refractivity contribution in [3.05, 3.63) is 4.91 Å². The standard InChI is InChI=1S/N2O4/c3-1-2-5-6-4/p+1. The van der Waals surface area contributed by atoms with E-state index in [0.29, 0.717) is 0 Å². The second-order valence-electron chi connectivity index (χ2n) is 0.312. The Morgan fingerprint density at radius 2 is 2.50 bits per heavy atom. The zero-order valence-electron chi connectivity index (χ0n) is 2.57. The minimum Gasteiger partial charge on any atom is -0.209 e. The van der Waals surface area contributed by atoms with Crippen LogP contribution in [0.3, 0.4) is 0 Å². The molecule has 0 atom stereocenters. The molecule has 0 heterocycles. The Morgan fingerprint density at radius 3 is 2.67 bits per heavy atom. The molecule has 0 aliphatic heterocycles. The van der Waals surface area contributed by atoms with Gasteiger partial charge < -0.3 is 0 Å². The van der Waals surface area contributed by atoms with Crippen molar-refractivity contribution < 1.29 is 15.3 Å². The van der Waals surface area contributed by atoms with Gasteiger partial charge in [-0.15, -0.1) is 4.99 Å². The zero-order valence-corrected chi connectivity index (χ0v) is 2.57. The Hall–Kier alpha value is -0.970. The molecule has 0 saturated heterocycles. The van der Waals surface area contributed by atoms with Crippen LogP contribution in [-0.4, -0.2) is 5.26 Å². The summed E-state index contributed by atoms with van der Waals surface area (Å²) in [6.07, 6.45) is 0. The summed E-state index contributed by atoms with van der Waals surface area (Å²) in [6.45, 7) is 0. The lowest BCUT2D eigenvalue weighted by Gasteiger charge is -1.67. The van der Waals surface area contributed by atoms with Crippen LogP contribution in [0.2, 0.25) is 0 Å². The lowest BCUT2D eigenvalue weighted by atomic mass is 13.0. The molecule has 34 valence electrons. The molecule has 0 aliphatic rings. The predicted molar refractivity (Wildman–Crippen MR) is 12.7 cm³/mol. The normalized spacial score (nSPS) is 6.17. The predicted octanol–water partition coefficient (Wildman–Crippen LogP) is -0.392. The van der Waals surface area contributed by atoms with Crippen LogP contribution in [0.1, 0.15) is 0 Å². The monoisotopic (exact) mass is 93.0 g/mol. The first-order chi connectivity index (χ1) is 2.91. The first-order valence-electron chi connectivity index (χ1n) is 0.914. The maximum Gasteiger partial charge on any atom is 0.436 e. The molecule has 0 aliphatic carbocycles. The Labute approximate surface area is 31.8 Å². The number of hydrogen-bond acceptors (Lipinski definition) is 5. The molecule has 0 aromatic heterocycles. The van der Waals surface area contributed by atoms with E-state index >= 15 is 0 Å². The summed E-state index contributed by atoms with van der Waals surface area (Å²) in [5.74, 6) is 0. The molecule has 0 saturated carbocycles. The number of nitrogens with zero attached hydrogens (tertiary/aromatic N) is 2. The van der Waals surface area contributed by atoms with Crippen molar-refractivity contribution in [3.63, 3.8) is 0 Å². The maximum atomic E-state index is 8.83. The molecule has 6 heteroatoms. The molecule has 0 bridgehead atoms. The Morgan fingerprint density at radius 1 is 1.83 bits per heavy atom.